The quantitative estimate of drug-likeness (QED) is 0.405. The predicted molar refractivity (Wildman–Crippen MR) is 154 cm³/mol. The number of benzene rings is 3. The molecule has 2 fully saturated rings. The Morgan fingerprint density at radius 1 is 0.951 bits per heavy atom. The Hall–Kier alpha value is -4.17. The molecule has 8 heteroatoms. The molecule has 0 saturated carbocycles. The second kappa shape index (κ2) is 11.4. The molecular formula is C33H35N3O5. The first-order chi connectivity index (χ1) is 19.9. The first kappa shape index (κ1) is 27.0. The number of carboxylic acid groups (broad SMARTS) is 1. The number of fused-ring (bicyclic) bond motifs is 5. The van der Waals surface area contributed by atoms with Crippen molar-refractivity contribution in [3.05, 3.63) is 95.6 Å². The average molecular weight is 554 g/mol. The van der Waals surface area contributed by atoms with E-state index in [1.807, 2.05) is 66.5 Å². The van der Waals surface area contributed by atoms with Gasteiger partial charge in [-0.3, -0.25) is 14.5 Å². The minimum atomic E-state index is -0.866. The molecule has 3 aliphatic rings. The SMILES string of the molecule is CN(Cc1ccccc1)CC(NC(=O)OCC1c2ccccc2-c2ccccc21)C(=O)N1[C@@H]2CC[C@H]1[C@@H](C(=O)O)C2. The van der Waals surface area contributed by atoms with Crippen molar-refractivity contribution in [2.45, 2.75) is 49.9 Å². The van der Waals surface area contributed by atoms with Gasteiger partial charge in [0.05, 0.1) is 5.92 Å². The van der Waals surface area contributed by atoms with Gasteiger partial charge in [-0.2, -0.15) is 0 Å². The molecule has 2 amide bonds. The van der Waals surface area contributed by atoms with Crippen molar-refractivity contribution in [1.82, 2.24) is 15.1 Å². The lowest BCUT2D eigenvalue weighted by Gasteiger charge is -2.31. The van der Waals surface area contributed by atoms with Gasteiger partial charge in [-0.05, 0) is 54.1 Å². The summed E-state index contributed by atoms with van der Waals surface area (Å²) >= 11 is 0. The third kappa shape index (κ3) is 5.32. The van der Waals surface area contributed by atoms with Crippen LogP contribution in [0.3, 0.4) is 0 Å². The van der Waals surface area contributed by atoms with Gasteiger partial charge in [-0.1, -0.05) is 78.9 Å². The number of nitrogens with zero attached hydrogens (tertiary/aromatic N) is 2. The number of ether oxygens (including phenoxy) is 1. The first-order valence-electron chi connectivity index (χ1n) is 14.3. The van der Waals surface area contributed by atoms with Crippen LogP contribution >= 0.6 is 0 Å². The number of hydrogen-bond acceptors (Lipinski definition) is 5. The van der Waals surface area contributed by atoms with Gasteiger partial charge in [-0.15, -0.1) is 0 Å². The summed E-state index contributed by atoms with van der Waals surface area (Å²) in [5, 5.41) is 12.6. The van der Waals surface area contributed by atoms with E-state index in [0.717, 1.165) is 34.2 Å². The number of rotatable bonds is 9. The van der Waals surface area contributed by atoms with E-state index < -0.39 is 24.0 Å². The Balaban J connectivity index is 1.17. The maximum Gasteiger partial charge on any atom is 0.407 e. The first-order valence-corrected chi connectivity index (χ1v) is 14.3. The van der Waals surface area contributed by atoms with E-state index >= 15 is 0 Å². The smallest absolute Gasteiger partial charge is 0.407 e. The number of carbonyl (C=O) groups excluding carboxylic acids is 2. The molecule has 2 aliphatic heterocycles. The highest BCUT2D eigenvalue weighted by Crippen LogP contribution is 2.45. The zero-order chi connectivity index (χ0) is 28.5. The molecule has 41 heavy (non-hydrogen) atoms. The van der Waals surface area contributed by atoms with Crippen molar-refractivity contribution in [1.29, 1.82) is 0 Å². The van der Waals surface area contributed by atoms with Gasteiger partial charge in [0, 0.05) is 31.1 Å². The summed E-state index contributed by atoms with van der Waals surface area (Å²) in [4.78, 5) is 42.7. The molecular weight excluding hydrogens is 518 g/mol. The number of likely N-dealkylation sites (N-methyl/N-ethyl adjacent to an activating group) is 1. The van der Waals surface area contributed by atoms with Crippen LogP contribution in [0.25, 0.3) is 11.1 Å². The second-order valence-electron chi connectivity index (χ2n) is 11.4. The van der Waals surface area contributed by atoms with Crippen molar-refractivity contribution >= 4 is 18.0 Å². The standard InChI is InChI=1S/C33H35N3O5/c1-35(18-21-9-3-2-4-10-21)19-29(31(37)36-22-15-16-30(36)27(17-22)32(38)39)34-33(40)41-20-28-25-13-7-5-11-23(25)24-12-6-8-14-26(24)28/h2-14,22,27-30H,15-20H2,1H3,(H,34,40)(H,38,39)/t22-,27+,29?,30+/m1/s1. The van der Waals surface area contributed by atoms with Crippen LogP contribution in [0, 0.1) is 5.92 Å². The predicted octanol–water partition coefficient (Wildman–Crippen LogP) is 4.49. The van der Waals surface area contributed by atoms with Gasteiger partial charge in [0.2, 0.25) is 5.91 Å². The van der Waals surface area contributed by atoms with Crippen LogP contribution in [0.2, 0.25) is 0 Å². The molecule has 1 unspecified atom stereocenters. The molecule has 1 aliphatic carbocycles. The highest BCUT2D eigenvalue weighted by molar-refractivity contribution is 5.88. The van der Waals surface area contributed by atoms with Crippen molar-refractivity contribution in [3.63, 3.8) is 0 Å². The van der Waals surface area contributed by atoms with Gasteiger partial charge in [0.25, 0.3) is 0 Å². The zero-order valence-corrected chi connectivity index (χ0v) is 23.1. The molecule has 212 valence electrons. The highest BCUT2D eigenvalue weighted by atomic mass is 16.5. The van der Waals surface area contributed by atoms with Crippen LogP contribution in [-0.2, 0) is 20.9 Å². The number of amides is 2. The molecule has 0 radical (unpaired) electrons. The number of carbonyl (C=O) groups is 3. The third-order valence-electron chi connectivity index (χ3n) is 8.83. The fraction of sp³-hybridized carbons (Fsp3) is 0.364. The monoisotopic (exact) mass is 553 g/mol. The zero-order valence-electron chi connectivity index (χ0n) is 23.1. The molecule has 4 atom stereocenters. The number of alkyl carbamates (subject to hydrolysis) is 1. The van der Waals surface area contributed by atoms with Crippen molar-refractivity contribution < 1.29 is 24.2 Å². The van der Waals surface area contributed by atoms with E-state index in [1.165, 1.54) is 0 Å². The van der Waals surface area contributed by atoms with Crippen LogP contribution in [-0.4, -0.2) is 71.2 Å². The van der Waals surface area contributed by atoms with E-state index in [-0.39, 0.29) is 37.1 Å². The molecule has 3 aromatic rings. The number of aliphatic carboxylic acids is 1. The van der Waals surface area contributed by atoms with Crippen LogP contribution < -0.4 is 5.32 Å². The van der Waals surface area contributed by atoms with Gasteiger partial charge < -0.3 is 20.1 Å². The van der Waals surface area contributed by atoms with E-state index in [0.29, 0.717) is 19.4 Å². The Labute approximate surface area is 239 Å². The molecule has 8 nitrogen and oxygen atoms in total. The van der Waals surface area contributed by atoms with Crippen LogP contribution in [0.5, 0.6) is 0 Å². The van der Waals surface area contributed by atoms with Crippen LogP contribution in [0.4, 0.5) is 4.79 Å². The van der Waals surface area contributed by atoms with E-state index in [9.17, 15) is 19.5 Å². The summed E-state index contributed by atoms with van der Waals surface area (Å²) in [5.74, 6) is -1.75. The van der Waals surface area contributed by atoms with Gasteiger partial charge in [-0.25, -0.2) is 4.79 Å². The van der Waals surface area contributed by atoms with Gasteiger partial charge in [0.1, 0.15) is 12.6 Å². The molecule has 2 bridgehead atoms. The number of carboxylic acids is 1. The summed E-state index contributed by atoms with van der Waals surface area (Å²) in [7, 11) is 1.91. The highest BCUT2D eigenvalue weighted by Gasteiger charge is 2.52. The van der Waals surface area contributed by atoms with E-state index in [2.05, 4.69) is 29.6 Å². The summed E-state index contributed by atoms with van der Waals surface area (Å²) in [5.41, 5.74) is 5.61. The number of hydrogen-bond donors (Lipinski definition) is 2. The summed E-state index contributed by atoms with van der Waals surface area (Å²) in [6.07, 6.45) is 1.27. The Morgan fingerprint density at radius 3 is 2.22 bits per heavy atom. The van der Waals surface area contributed by atoms with Crippen LogP contribution in [0.15, 0.2) is 78.9 Å². The van der Waals surface area contributed by atoms with E-state index in [1.54, 1.807) is 4.90 Å². The van der Waals surface area contributed by atoms with Crippen molar-refractivity contribution in [2.24, 2.45) is 5.92 Å². The minimum absolute atomic E-state index is 0.0891. The lowest BCUT2D eigenvalue weighted by Crippen LogP contribution is -2.55. The average Bonchev–Trinajstić information content (AvgIpc) is 3.66. The second-order valence-corrected chi connectivity index (χ2v) is 11.4. The Kier molecular flexibility index (Phi) is 7.49. The fourth-order valence-corrected chi connectivity index (χ4v) is 7.02. The molecule has 0 spiro atoms. The molecule has 2 N–H and O–H groups in total. The Bertz CT molecular complexity index is 1400. The molecule has 6 rings (SSSR count). The van der Waals surface area contributed by atoms with Crippen molar-refractivity contribution in [2.75, 3.05) is 20.2 Å². The summed E-state index contributed by atoms with van der Waals surface area (Å²) in [6.45, 7) is 1.02. The summed E-state index contributed by atoms with van der Waals surface area (Å²) in [6, 6.07) is 24.9. The van der Waals surface area contributed by atoms with Gasteiger partial charge in [0.15, 0.2) is 0 Å². The normalized spacial score (nSPS) is 21.4. The summed E-state index contributed by atoms with van der Waals surface area (Å²) < 4.78 is 5.78. The third-order valence-corrected chi connectivity index (χ3v) is 8.83. The Morgan fingerprint density at radius 2 is 1.59 bits per heavy atom. The van der Waals surface area contributed by atoms with Gasteiger partial charge >= 0.3 is 12.1 Å². The maximum atomic E-state index is 13.9. The molecule has 2 heterocycles. The maximum absolute atomic E-state index is 13.9. The van der Waals surface area contributed by atoms with Crippen molar-refractivity contribution in [3.8, 4) is 11.1 Å². The molecule has 3 aromatic carbocycles. The molecule has 0 aromatic heterocycles. The topological polar surface area (TPSA) is 99.2 Å². The number of nitrogens with one attached hydrogen (secondary N) is 1. The van der Waals surface area contributed by atoms with Crippen LogP contribution in [0.1, 0.15) is 41.9 Å². The fourth-order valence-electron chi connectivity index (χ4n) is 7.02. The lowest BCUT2D eigenvalue weighted by molar-refractivity contribution is -0.143. The lowest BCUT2D eigenvalue weighted by atomic mass is 9.89. The molecule has 2 saturated heterocycles. The minimum Gasteiger partial charge on any atom is -0.481 e. The van der Waals surface area contributed by atoms with E-state index in [4.69, 9.17) is 4.74 Å². The largest absolute Gasteiger partial charge is 0.481 e.